The minimum atomic E-state index is 0.610. The normalized spacial score (nSPS) is 21.7. The molecule has 1 aromatic heterocycles. The Kier molecular flexibility index (Phi) is 5.18. The fourth-order valence-electron chi connectivity index (χ4n) is 2.53. The van der Waals surface area contributed by atoms with Gasteiger partial charge in [0.2, 0.25) is 0 Å². The summed E-state index contributed by atoms with van der Waals surface area (Å²) >= 11 is 3.63. The minimum Gasteiger partial charge on any atom is -0.292 e. The molecule has 5 heteroatoms. The Labute approximate surface area is 118 Å². The molecule has 1 fully saturated rings. The second-order valence-corrected chi connectivity index (χ2v) is 6.17. The first-order chi connectivity index (χ1) is 8.70. The van der Waals surface area contributed by atoms with Crippen molar-refractivity contribution in [1.29, 1.82) is 0 Å². The van der Waals surface area contributed by atoms with E-state index in [0.29, 0.717) is 12.0 Å². The van der Waals surface area contributed by atoms with Gasteiger partial charge in [-0.1, -0.05) is 36.2 Å². The Hall–Kier alpha value is -0.420. The van der Waals surface area contributed by atoms with Crippen molar-refractivity contribution >= 4 is 15.9 Å². The molecule has 1 unspecified atom stereocenters. The van der Waals surface area contributed by atoms with Gasteiger partial charge in [0.1, 0.15) is 12.2 Å². The second kappa shape index (κ2) is 6.66. The first-order valence-electron chi connectivity index (χ1n) is 6.87. The van der Waals surface area contributed by atoms with Crippen LogP contribution in [0.2, 0.25) is 0 Å². The molecular formula is C13H23BrN4. The third kappa shape index (κ3) is 3.54. The largest absolute Gasteiger partial charge is 0.292 e. The fraction of sp³-hybridized carbons (Fsp3) is 0.846. The maximum atomic E-state index is 4.43. The lowest BCUT2D eigenvalue weighted by Crippen LogP contribution is -2.40. The van der Waals surface area contributed by atoms with Crippen molar-refractivity contribution in [1.82, 2.24) is 19.7 Å². The van der Waals surface area contributed by atoms with E-state index in [2.05, 4.69) is 49.4 Å². The maximum Gasteiger partial charge on any atom is 0.141 e. The van der Waals surface area contributed by atoms with Crippen molar-refractivity contribution in [3.05, 3.63) is 12.2 Å². The van der Waals surface area contributed by atoms with E-state index in [1.54, 1.807) is 6.33 Å². The van der Waals surface area contributed by atoms with Gasteiger partial charge in [-0.3, -0.25) is 4.90 Å². The van der Waals surface area contributed by atoms with Crippen LogP contribution >= 0.6 is 15.9 Å². The molecule has 0 aromatic carbocycles. The van der Waals surface area contributed by atoms with Gasteiger partial charge in [-0.2, -0.15) is 5.10 Å². The van der Waals surface area contributed by atoms with E-state index in [0.717, 1.165) is 24.2 Å². The van der Waals surface area contributed by atoms with Crippen LogP contribution < -0.4 is 0 Å². The molecule has 2 rings (SSSR count). The number of hydrogen-bond acceptors (Lipinski definition) is 3. The van der Waals surface area contributed by atoms with Gasteiger partial charge >= 0.3 is 0 Å². The van der Waals surface area contributed by atoms with E-state index < -0.39 is 0 Å². The molecule has 1 atom stereocenters. The van der Waals surface area contributed by atoms with Gasteiger partial charge in [0.25, 0.3) is 0 Å². The number of hydrogen-bond donors (Lipinski definition) is 0. The molecule has 0 amide bonds. The predicted octanol–water partition coefficient (Wildman–Crippen LogP) is 2.68. The Morgan fingerprint density at radius 1 is 1.44 bits per heavy atom. The molecule has 1 aromatic rings. The summed E-state index contributed by atoms with van der Waals surface area (Å²) in [4.78, 5) is 6.97. The molecule has 102 valence electrons. The molecule has 18 heavy (non-hydrogen) atoms. The molecule has 1 aliphatic heterocycles. The first-order valence-corrected chi connectivity index (χ1v) is 7.99. The Morgan fingerprint density at radius 2 is 2.28 bits per heavy atom. The second-order valence-electron chi connectivity index (χ2n) is 5.53. The Balaban J connectivity index is 2.01. The van der Waals surface area contributed by atoms with Gasteiger partial charge in [-0.05, 0) is 25.3 Å². The van der Waals surface area contributed by atoms with Crippen LogP contribution in [0.25, 0.3) is 0 Å². The van der Waals surface area contributed by atoms with Crippen LogP contribution in [-0.2, 0) is 13.1 Å². The molecule has 0 bridgehead atoms. The number of nitrogens with zero attached hydrogens (tertiary/aromatic N) is 4. The zero-order valence-corrected chi connectivity index (χ0v) is 12.9. The summed E-state index contributed by atoms with van der Waals surface area (Å²) in [5, 5.41) is 5.40. The summed E-state index contributed by atoms with van der Waals surface area (Å²) < 4.78 is 2.06. The van der Waals surface area contributed by atoms with E-state index in [-0.39, 0.29) is 0 Å². The summed E-state index contributed by atoms with van der Waals surface area (Å²) in [6.07, 6.45) is 5.64. The topological polar surface area (TPSA) is 34.0 Å². The molecule has 0 spiro atoms. The molecule has 0 saturated carbocycles. The highest BCUT2D eigenvalue weighted by atomic mass is 79.9. The van der Waals surface area contributed by atoms with Crippen LogP contribution in [0.3, 0.4) is 0 Å². The average molecular weight is 315 g/mol. The predicted molar refractivity (Wildman–Crippen MR) is 76.7 cm³/mol. The minimum absolute atomic E-state index is 0.610. The standard InChI is InChI=1S/C13H23BrN4/c1-11(2)8-18-13(15-10-16-18)9-17-6-4-3-5-12(17)7-14/h10-12H,3-9H2,1-2H3. The number of likely N-dealkylation sites (tertiary alicyclic amines) is 1. The summed E-state index contributed by atoms with van der Waals surface area (Å²) in [7, 11) is 0. The third-order valence-corrected chi connectivity index (χ3v) is 4.25. The van der Waals surface area contributed by atoms with E-state index in [1.807, 2.05) is 0 Å². The SMILES string of the molecule is CC(C)Cn1ncnc1CN1CCCCC1CBr. The summed E-state index contributed by atoms with van der Waals surface area (Å²) in [5.74, 6) is 1.72. The van der Waals surface area contributed by atoms with Crippen LogP contribution in [0.4, 0.5) is 0 Å². The third-order valence-electron chi connectivity index (χ3n) is 3.51. The number of alkyl halides is 1. The van der Waals surface area contributed by atoms with Gasteiger partial charge in [-0.15, -0.1) is 0 Å². The summed E-state index contributed by atoms with van der Waals surface area (Å²) in [6, 6.07) is 0.656. The van der Waals surface area contributed by atoms with Gasteiger partial charge in [0.15, 0.2) is 0 Å². The molecular weight excluding hydrogens is 292 g/mol. The molecule has 0 radical (unpaired) electrons. The van der Waals surface area contributed by atoms with Crippen LogP contribution in [0.1, 0.15) is 38.9 Å². The van der Waals surface area contributed by atoms with Crippen LogP contribution in [0, 0.1) is 5.92 Å². The lowest BCUT2D eigenvalue weighted by atomic mass is 10.0. The highest BCUT2D eigenvalue weighted by Gasteiger charge is 2.23. The van der Waals surface area contributed by atoms with Gasteiger partial charge in [0.05, 0.1) is 6.54 Å². The monoisotopic (exact) mass is 314 g/mol. The van der Waals surface area contributed by atoms with Crippen molar-refractivity contribution in [2.45, 2.75) is 52.2 Å². The molecule has 0 N–H and O–H groups in total. The van der Waals surface area contributed by atoms with E-state index in [1.165, 1.54) is 25.8 Å². The highest BCUT2D eigenvalue weighted by molar-refractivity contribution is 9.09. The van der Waals surface area contributed by atoms with E-state index in [9.17, 15) is 0 Å². The Morgan fingerprint density at radius 3 is 3.00 bits per heavy atom. The molecule has 2 heterocycles. The van der Waals surface area contributed by atoms with Gasteiger partial charge < -0.3 is 0 Å². The quantitative estimate of drug-likeness (QED) is 0.784. The first kappa shape index (κ1) is 14.0. The van der Waals surface area contributed by atoms with Crippen molar-refractivity contribution in [3.8, 4) is 0 Å². The number of halogens is 1. The lowest BCUT2D eigenvalue weighted by molar-refractivity contribution is 0.149. The van der Waals surface area contributed by atoms with Crippen molar-refractivity contribution < 1.29 is 0 Å². The van der Waals surface area contributed by atoms with Crippen LogP contribution in [0.15, 0.2) is 6.33 Å². The van der Waals surface area contributed by atoms with Crippen molar-refractivity contribution in [3.63, 3.8) is 0 Å². The number of rotatable bonds is 5. The van der Waals surface area contributed by atoms with Crippen molar-refractivity contribution in [2.24, 2.45) is 5.92 Å². The summed E-state index contributed by atoms with van der Waals surface area (Å²) in [5.41, 5.74) is 0. The zero-order chi connectivity index (χ0) is 13.0. The summed E-state index contributed by atoms with van der Waals surface area (Å²) in [6.45, 7) is 7.51. The zero-order valence-electron chi connectivity index (χ0n) is 11.3. The lowest BCUT2D eigenvalue weighted by Gasteiger charge is -2.34. The average Bonchev–Trinajstić information content (AvgIpc) is 2.76. The van der Waals surface area contributed by atoms with E-state index in [4.69, 9.17) is 0 Å². The number of piperidine rings is 1. The molecule has 0 aliphatic carbocycles. The molecule has 1 saturated heterocycles. The molecule has 4 nitrogen and oxygen atoms in total. The van der Waals surface area contributed by atoms with Gasteiger partial charge in [-0.25, -0.2) is 9.67 Å². The van der Waals surface area contributed by atoms with E-state index >= 15 is 0 Å². The maximum absolute atomic E-state index is 4.43. The fourth-order valence-corrected chi connectivity index (χ4v) is 3.27. The van der Waals surface area contributed by atoms with Crippen LogP contribution in [-0.4, -0.2) is 37.6 Å². The Bertz CT molecular complexity index is 364. The van der Waals surface area contributed by atoms with Crippen molar-refractivity contribution in [2.75, 3.05) is 11.9 Å². The van der Waals surface area contributed by atoms with Gasteiger partial charge in [0, 0.05) is 17.9 Å². The van der Waals surface area contributed by atoms with Crippen LogP contribution in [0.5, 0.6) is 0 Å². The smallest absolute Gasteiger partial charge is 0.141 e. The molecule has 1 aliphatic rings. The highest BCUT2D eigenvalue weighted by Crippen LogP contribution is 2.20. The number of aromatic nitrogens is 3.